The first-order valence-corrected chi connectivity index (χ1v) is 7.03. The molecule has 0 radical (unpaired) electrons. The van der Waals surface area contributed by atoms with Gasteiger partial charge in [-0.15, -0.1) is 0 Å². The van der Waals surface area contributed by atoms with Crippen molar-refractivity contribution < 1.29 is 0 Å². The van der Waals surface area contributed by atoms with Crippen molar-refractivity contribution in [1.82, 2.24) is 14.8 Å². The topological polar surface area (TPSA) is 106 Å². The Balaban J connectivity index is 2.31. The summed E-state index contributed by atoms with van der Waals surface area (Å²) in [7, 11) is 1.62. The van der Waals surface area contributed by atoms with Crippen LogP contribution in [0.15, 0.2) is 44.9 Å². The second-order valence-electron chi connectivity index (χ2n) is 4.81. The van der Waals surface area contributed by atoms with Gasteiger partial charge in [0.1, 0.15) is 10.5 Å². The van der Waals surface area contributed by atoms with Gasteiger partial charge in [-0.3, -0.25) is 14.6 Å². The fourth-order valence-corrected chi connectivity index (χ4v) is 2.41. The van der Waals surface area contributed by atoms with Crippen LogP contribution in [0.1, 0.15) is 5.56 Å². The molecule has 0 amide bonds. The van der Waals surface area contributed by atoms with E-state index >= 15 is 0 Å². The van der Waals surface area contributed by atoms with Crippen molar-refractivity contribution in [3.05, 3.63) is 61.6 Å². The van der Waals surface area contributed by atoms with E-state index < -0.39 is 5.56 Å². The fourth-order valence-electron chi connectivity index (χ4n) is 2.19. The summed E-state index contributed by atoms with van der Waals surface area (Å²) in [4.78, 5) is 30.2. The third-order valence-corrected chi connectivity index (χ3v) is 3.64. The molecule has 0 saturated heterocycles. The summed E-state index contributed by atoms with van der Waals surface area (Å²) >= 11 is 6.09. The second-order valence-corrected chi connectivity index (χ2v) is 5.19. The molecule has 1 aromatic carbocycles. The highest BCUT2D eigenvalue weighted by molar-refractivity contribution is 6.34. The number of aliphatic imine (C=N–C) groups is 1. The Morgan fingerprint density at radius 1 is 1.30 bits per heavy atom. The quantitative estimate of drug-likeness (QED) is 0.547. The number of nitrogens with one attached hydrogen (secondary N) is 1. The molecule has 2 aromatic heterocycles. The smallest absolute Gasteiger partial charge is 0.292 e. The molecule has 23 heavy (non-hydrogen) atoms. The predicted molar refractivity (Wildman–Crippen MR) is 90.9 cm³/mol. The number of nitrogens with two attached hydrogens (primary N) is 1. The normalized spacial score (nSPS) is 11.4. The van der Waals surface area contributed by atoms with E-state index in [4.69, 9.17) is 17.3 Å². The average molecular weight is 330 g/mol. The van der Waals surface area contributed by atoms with Crippen molar-refractivity contribution in [1.29, 1.82) is 0 Å². The molecule has 0 saturated carbocycles. The molecule has 3 rings (SSSR count). The number of aromatic amines is 1. The van der Waals surface area contributed by atoms with Gasteiger partial charge in [0.05, 0.1) is 11.2 Å². The Morgan fingerprint density at radius 3 is 2.83 bits per heavy atom. The molecule has 7 nitrogen and oxygen atoms in total. The van der Waals surface area contributed by atoms with Crippen LogP contribution in [0.3, 0.4) is 0 Å². The van der Waals surface area contributed by atoms with E-state index in [2.05, 4.69) is 15.1 Å². The Bertz CT molecular complexity index is 1050. The molecule has 0 bridgehead atoms. The highest BCUT2D eigenvalue weighted by Gasteiger charge is 2.12. The first-order valence-electron chi connectivity index (χ1n) is 6.65. The first kappa shape index (κ1) is 15.0. The van der Waals surface area contributed by atoms with E-state index in [1.807, 2.05) is 0 Å². The fraction of sp³-hybridized carbons (Fsp3) is 0.0667. The average Bonchev–Trinajstić information content (AvgIpc) is 2.54. The summed E-state index contributed by atoms with van der Waals surface area (Å²) in [5.74, 6) is 0. The molecule has 3 N–H and O–H groups in total. The summed E-state index contributed by atoms with van der Waals surface area (Å²) in [5, 5.41) is 4.14. The molecule has 8 heteroatoms. The minimum absolute atomic E-state index is 0.102. The molecule has 0 aliphatic carbocycles. The van der Waals surface area contributed by atoms with Crippen LogP contribution in [0, 0.1) is 0 Å². The minimum Gasteiger partial charge on any atom is -0.398 e. The lowest BCUT2D eigenvalue weighted by Gasteiger charge is -2.09. The predicted octanol–water partition coefficient (Wildman–Crippen LogP) is 1.36. The van der Waals surface area contributed by atoms with Crippen LogP contribution in [0.4, 0.5) is 5.69 Å². The number of H-pyrrole nitrogens is 1. The van der Waals surface area contributed by atoms with Crippen LogP contribution >= 0.6 is 11.6 Å². The Morgan fingerprint density at radius 2 is 2.09 bits per heavy atom. The Kier molecular flexibility index (Phi) is 3.71. The van der Waals surface area contributed by atoms with E-state index in [-0.39, 0.29) is 16.1 Å². The lowest BCUT2D eigenvalue weighted by Crippen LogP contribution is -2.23. The van der Waals surface area contributed by atoms with Gasteiger partial charge >= 0.3 is 0 Å². The standard InChI is InChI=1S/C15H12ClN5O2/c1-18-7-8-6-9(2-3-10(8)17)21-15(23)13(16)14-11(20-21)4-5-12(22)19-14/h2-7H,17H2,1H3,(H,19,22). The number of hydrogen-bond acceptors (Lipinski definition) is 5. The molecule has 0 spiro atoms. The van der Waals surface area contributed by atoms with Crippen molar-refractivity contribution >= 4 is 34.5 Å². The van der Waals surface area contributed by atoms with Crippen LogP contribution in [0.25, 0.3) is 16.7 Å². The van der Waals surface area contributed by atoms with E-state index in [9.17, 15) is 9.59 Å². The molecule has 0 unspecified atom stereocenters. The van der Waals surface area contributed by atoms with Crippen molar-refractivity contribution in [3.8, 4) is 5.69 Å². The van der Waals surface area contributed by atoms with Crippen LogP contribution in [0.5, 0.6) is 0 Å². The van der Waals surface area contributed by atoms with E-state index in [0.29, 0.717) is 22.5 Å². The van der Waals surface area contributed by atoms with Gasteiger partial charge in [-0.1, -0.05) is 11.6 Å². The van der Waals surface area contributed by atoms with Crippen molar-refractivity contribution in [3.63, 3.8) is 0 Å². The molecular weight excluding hydrogens is 318 g/mol. The van der Waals surface area contributed by atoms with Crippen LogP contribution in [-0.4, -0.2) is 28.0 Å². The highest BCUT2D eigenvalue weighted by atomic mass is 35.5. The molecule has 116 valence electrons. The van der Waals surface area contributed by atoms with Crippen LogP contribution in [0.2, 0.25) is 5.02 Å². The zero-order chi connectivity index (χ0) is 16.6. The third-order valence-electron chi connectivity index (χ3n) is 3.29. The summed E-state index contributed by atoms with van der Waals surface area (Å²) in [5.41, 5.74) is 7.28. The summed E-state index contributed by atoms with van der Waals surface area (Å²) < 4.78 is 1.16. The van der Waals surface area contributed by atoms with Gasteiger partial charge in [0, 0.05) is 30.6 Å². The number of nitrogens with zero attached hydrogens (tertiary/aromatic N) is 3. The van der Waals surface area contributed by atoms with Gasteiger partial charge in [0.25, 0.3) is 5.56 Å². The maximum absolute atomic E-state index is 12.4. The number of nitrogen functional groups attached to an aromatic ring is 1. The van der Waals surface area contributed by atoms with Gasteiger partial charge < -0.3 is 10.7 Å². The van der Waals surface area contributed by atoms with Crippen molar-refractivity contribution in [2.75, 3.05) is 12.8 Å². The Labute approximate surface area is 135 Å². The molecular formula is C15H12ClN5O2. The number of pyridine rings is 1. The molecule has 2 heterocycles. The number of anilines is 1. The maximum atomic E-state index is 12.4. The third kappa shape index (κ3) is 2.62. The number of rotatable bonds is 2. The van der Waals surface area contributed by atoms with Crippen molar-refractivity contribution in [2.45, 2.75) is 0 Å². The van der Waals surface area contributed by atoms with E-state index in [1.165, 1.54) is 12.1 Å². The van der Waals surface area contributed by atoms with Crippen LogP contribution in [-0.2, 0) is 0 Å². The monoisotopic (exact) mass is 329 g/mol. The van der Waals surface area contributed by atoms with Gasteiger partial charge in [-0.25, -0.2) is 0 Å². The van der Waals surface area contributed by atoms with Gasteiger partial charge in [0.2, 0.25) is 5.56 Å². The summed E-state index contributed by atoms with van der Waals surface area (Å²) in [6, 6.07) is 7.82. The summed E-state index contributed by atoms with van der Waals surface area (Å²) in [6.07, 6.45) is 1.59. The maximum Gasteiger partial charge on any atom is 0.292 e. The van der Waals surface area contributed by atoms with Gasteiger partial charge in [0.15, 0.2) is 0 Å². The van der Waals surface area contributed by atoms with E-state index in [1.54, 1.807) is 31.5 Å². The number of halogens is 1. The largest absolute Gasteiger partial charge is 0.398 e. The summed E-state index contributed by atoms with van der Waals surface area (Å²) in [6.45, 7) is 0. The minimum atomic E-state index is -0.537. The zero-order valence-electron chi connectivity index (χ0n) is 12.1. The Hall–Kier alpha value is -2.93. The first-order chi connectivity index (χ1) is 11.0. The number of aromatic nitrogens is 3. The highest BCUT2D eigenvalue weighted by Crippen LogP contribution is 2.18. The molecule has 0 fully saturated rings. The second kappa shape index (κ2) is 5.69. The van der Waals surface area contributed by atoms with Gasteiger partial charge in [-0.2, -0.15) is 9.78 Å². The zero-order valence-corrected chi connectivity index (χ0v) is 12.8. The van der Waals surface area contributed by atoms with Gasteiger partial charge in [-0.05, 0) is 24.3 Å². The molecule has 3 aromatic rings. The molecule has 0 atom stereocenters. The number of benzene rings is 1. The number of hydrogen-bond donors (Lipinski definition) is 2. The number of fused-ring (bicyclic) bond motifs is 1. The van der Waals surface area contributed by atoms with E-state index in [0.717, 1.165) is 4.68 Å². The molecule has 0 aliphatic heterocycles. The van der Waals surface area contributed by atoms with Crippen LogP contribution < -0.4 is 16.9 Å². The molecule has 0 aliphatic rings. The lowest BCUT2D eigenvalue weighted by atomic mass is 10.1. The van der Waals surface area contributed by atoms with Crippen molar-refractivity contribution in [2.24, 2.45) is 4.99 Å². The SMILES string of the molecule is CN=Cc1cc(-n2nc3ccc(=O)[nH]c3c(Cl)c2=O)ccc1N. The lowest BCUT2D eigenvalue weighted by molar-refractivity contribution is 0.829.